The molecule has 1 aromatic rings. The molecule has 11 nitrogen and oxygen atoms in total. The molecule has 0 unspecified atom stereocenters. The third-order valence-corrected chi connectivity index (χ3v) is 4.56. The first-order chi connectivity index (χ1) is 12.2. The van der Waals surface area contributed by atoms with Crippen molar-refractivity contribution in [3.8, 4) is 0 Å². The van der Waals surface area contributed by atoms with Gasteiger partial charge in [0.25, 0.3) is 5.91 Å². The fraction of sp³-hybridized carbons (Fsp3) is 0.357. The Labute approximate surface area is 149 Å². The van der Waals surface area contributed by atoms with E-state index < -0.39 is 34.0 Å². The molecule has 12 heteroatoms. The molecule has 0 aliphatic heterocycles. The van der Waals surface area contributed by atoms with Crippen molar-refractivity contribution in [2.24, 2.45) is 5.84 Å². The van der Waals surface area contributed by atoms with E-state index in [0.29, 0.717) is 13.0 Å². The summed E-state index contributed by atoms with van der Waals surface area (Å²) in [4.78, 5) is 33.3. The number of carboxylic acids is 1. The molecule has 2 amide bonds. The van der Waals surface area contributed by atoms with E-state index in [9.17, 15) is 22.8 Å². The summed E-state index contributed by atoms with van der Waals surface area (Å²) in [6.07, 6.45) is -0.117. The molecule has 0 aromatic heterocycles. The van der Waals surface area contributed by atoms with E-state index in [1.165, 1.54) is 24.3 Å². The van der Waals surface area contributed by atoms with Crippen molar-refractivity contribution in [1.82, 2.24) is 15.5 Å². The van der Waals surface area contributed by atoms with Gasteiger partial charge in [0.2, 0.25) is 10.0 Å². The number of carbonyl (C=O) groups excluding carboxylic acids is 2. The fourth-order valence-corrected chi connectivity index (χ4v) is 3.00. The van der Waals surface area contributed by atoms with Crippen LogP contribution in [0.2, 0.25) is 0 Å². The Morgan fingerprint density at radius 3 is 2.35 bits per heavy atom. The predicted octanol–water partition coefficient (Wildman–Crippen LogP) is -1.30. The number of amides is 2. The summed E-state index contributed by atoms with van der Waals surface area (Å²) in [6.45, 7) is 2.23. The molecule has 6 N–H and O–H groups in total. The number of alkyl carbamates (subject to hydrolysis) is 1. The van der Waals surface area contributed by atoms with Gasteiger partial charge >= 0.3 is 12.1 Å². The minimum absolute atomic E-state index is 0.226. The lowest BCUT2D eigenvalue weighted by atomic mass is 10.1. The number of rotatable bonds is 9. The number of ether oxygens (including phenoxy) is 1. The van der Waals surface area contributed by atoms with Gasteiger partial charge in [0.05, 0.1) is 11.5 Å². The van der Waals surface area contributed by atoms with Crippen LogP contribution >= 0.6 is 0 Å². The molecule has 0 saturated heterocycles. The highest BCUT2D eigenvalue weighted by Gasteiger charge is 2.31. The van der Waals surface area contributed by atoms with Gasteiger partial charge in [-0.15, -0.1) is 0 Å². The molecule has 1 aromatic carbocycles. The molecule has 0 aliphatic carbocycles. The first-order valence-electron chi connectivity index (χ1n) is 7.46. The number of hydrogen-bond donors (Lipinski definition) is 5. The lowest BCUT2D eigenvalue weighted by Gasteiger charge is -2.13. The van der Waals surface area contributed by atoms with Gasteiger partial charge < -0.3 is 15.2 Å². The van der Waals surface area contributed by atoms with Gasteiger partial charge in [0.15, 0.2) is 6.04 Å². The molecule has 144 valence electrons. The minimum Gasteiger partial charge on any atom is -0.480 e. The number of nitrogens with two attached hydrogens (primary N) is 1. The predicted molar refractivity (Wildman–Crippen MR) is 89.2 cm³/mol. The number of nitrogens with one attached hydrogen (secondary N) is 3. The number of carbonyl (C=O) groups is 3. The summed E-state index contributed by atoms with van der Waals surface area (Å²) in [6, 6.07) is 3.45. The van der Waals surface area contributed by atoms with Crippen LogP contribution in [-0.2, 0) is 30.8 Å². The van der Waals surface area contributed by atoms with Gasteiger partial charge in [-0.05, 0) is 31.0 Å². The first kappa shape index (κ1) is 21.3. The van der Waals surface area contributed by atoms with Crippen molar-refractivity contribution in [3.05, 3.63) is 29.8 Å². The smallest absolute Gasteiger partial charge is 0.407 e. The highest BCUT2D eigenvalue weighted by Crippen LogP contribution is 2.11. The highest BCUT2D eigenvalue weighted by atomic mass is 32.2. The van der Waals surface area contributed by atoms with Gasteiger partial charge in [0, 0.05) is 6.54 Å². The van der Waals surface area contributed by atoms with Crippen LogP contribution in [0, 0.1) is 0 Å². The molecule has 0 saturated carbocycles. The number of carboxylic acid groups (broad SMARTS) is 1. The minimum atomic E-state index is -4.25. The second-order valence-corrected chi connectivity index (χ2v) is 6.66. The average molecular weight is 388 g/mol. The third-order valence-electron chi connectivity index (χ3n) is 3.12. The van der Waals surface area contributed by atoms with Crippen molar-refractivity contribution in [2.45, 2.75) is 24.3 Å². The molecule has 0 aliphatic rings. The van der Waals surface area contributed by atoms with E-state index in [1.54, 1.807) is 17.1 Å². The molecular formula is C14H20N4O7S. The number of aliphatic carboxylic acids is 1. The summed E-state index contributed by atoms with van der Waals surface area (Å²) in [5, 5.41) is 11.4. The van der Waals surface area contributed by atoms with Crippen LogP contribution in [0.25, 0.3) is 0 Å². The van der Waals surface area contributed by atoms with Gasteiger partial charge in [-0.3, -0.25) is 10.2 Å². The normalized spacial score (nSPS) is 12.1. The molecule has 0 fully saturated rings. The molecule has 26 heavy (non-hydrogen) atoms. The number of hydrazine groups is 1. The van der Waals surface area contributed by atoms with Crippen molar-refractivity contribution in [3.63, 3.8) is 0 Å². The lowest BCUT2D eigenvalue weighted by Crippen LogP contribution is -2.53. The summed E-state index contributed by atoms with van der Waals surface area (Å²) < 4.78 is 30.8. The topological polar surface area (TPSA) is 177 Å². The third kappa shape index (κ3) is 6.31. The summed E-state index contributed by atoms with van der Waals surface area (Å²) in [5.41, 5.74) is 2.31. The van der Waals surface area contributed by atoms with Crippen molar-refractivity contribution >= 4 is 28.0 Å². The fourth-order valence-electron chi connectivity index (χ4n) is 1.85. The quantitative estimate of drug-likeness (QED) is 0.150. The maximum atomic E-state index is 12.2. The van der Waals surface area contributed by atoms with Gasteiger partial charge in [-0.2, -0.15) is 4.72 Å². The maximum absolute atomic E-state index is 12.2. The molecule has 0 bridgehead atoms. The molecule has 0 spiro atoms. The Morgan fingerprint density at radius 1 is 1.23 bits per heavy atom. The second-order valence-electron chi connectivity index (χ2n) is 4.94. The number of sulfonamides is 1. The zero-order chi connectivity index (χ0) is 19.7. The Morgan fingerprint density at radius 2 is 1.85 bits per heavy atom. The first-order valence-corrected chi connectivity index (χ1v) is 8.94. The van der Waals surface area contributed by atoms with Crippen LogP contribution in [0.15, 0.2) is 29.2 Å². The number of hydrogen-bond acceptors (Lipinski definition) is 7. The molecule has 0 heterocycles. The van der Waals surface area contributed by atoms with Gasteiger partial charge in [0.1, 0.15) is 0 Å². The standard InChI is InChI=1S/C14H20N4O7S/c1-2-25-14(22)16-8-7-9-3-5-10(6-4-9)26(23,24)18-11(13(20)21)12(19)17-15/h3-6,11,18H,2,7-8,15H2,1H3,(H,16,22)(H,17,19)(H,20,21)/t11-/m1/s1. The Balaban J connectivity index is 2.75. The van der Waals surface area contributed by atoms with Crippen LogP contribution in [0.5, 0.6) is 0 Å². The van der Waals surface area contributed by atoms with E-state index >= 15 is 0 Å². The highest BCUT2D eigenvalue weighted by molar-refractivity contribution is 7.89. The van der Waals surface area contributed by atoms with E-state index in [-0.39, 0.29) is 11.5 Å². The van der Waals surface area contributed by atoms with Crippen molar-refractivity contribution in [2.75, 3.05) is 13.2 Å². The molecular weight excluding hydrogens is 368 g/mol. The lowest BCUT2D eigenvalue weighted by molar-refractivity contribution is -0.143. The Kier molecular flexibility index (Phi) is 7.96. The molecule has 1 atom stereocenters. The summed E-state index contributed by atoms with van der Waals surface area (Å²) in [5.74, 6) is 1.94. The monoisotopic (exact) mass is 388 g/mol. The van der Waals surface area contributed by atoms with Crippen LogP contribution in [0.3, 0.4) is 0 Å². The Hall–Kier alpha value is -2.70. The van der Waals surface area contributed by atoms with Crippen LogP contribution in [-0.4, -0.2) is 50.7 Å². The number of benzene rings is 1. The van der Waals surface area contributed by atoms with E-state index in [2.05, 4.69) is 5.32 Å². The molecule has 1 rings (SSSR count). The van der Waals surface area contributed by atoms with Gasteiger partial charge in [-0.1, -0.05) is 12.1 Å². The SMILES string of the molecule is CCOC(=O)NCCc1ccc(S(=O)(=O)N[C@@H](C(=O)O)C(=O)NN)cc1. The van der Waals surface area contributed by atoms with Crippen LogP contribution < -0.4 is 21.3 Å². The van der Waals surface area contributed by atoms with E-state index in [4.69, 9.17) is 15.7 Å². The second kappa shape index (κ2) is 9.70. The van der Waals surface area contributed by atoms with Crippen molar-refractivity contribution < 1.29 is 32.6 Å². The largest absolute Gasteiger partial charge is 0.480 e. The Bertz CT molecular complexity index is 749. The molecule has 0 radical (unpaired) electrons. The van der Waals surface area contributed by atoms with Crippen LogP contribution in [0.4, 0.5) is 4.79 Å². The zero-order valence-corrected chi connectivity index (χ0v) is 14.7. The average Bonchev–Trinajstić information content (AvgIpc) is 2.59. The van der Waals surface area contributed by atoms with E-state index in [0.717, 1.165) is 5.56 Å². The van der Waals surface area contributed by atoms with E-state index in [1.807, 2.05) is 0 Å². The zero-order valence-electron chi connectivity index (χ0n) is 13.9. The maximum Gasteiger partial charge on any atom is 0.407 e. The summed E-state index contributed by atoms with van der Waals surface area (Å²) >= 11 is 0. The van der Waals surface area contributed by atoms with Crippen molar-refractivity contribution in [1.29, 1.82) is 0 Å². The summed E-state index contributed by atoms with van der Waals surface area (Å²) in [7, 11) is -4.25. The van der Waals surface area contributed by atoms with Crippen LogP contribution in [0.1, 0.15) is 12.5 Å². The van der Waals surface area contributed by atoms with Gasteiger partial charge in [-0.25, -0.2) is 23.8 Å².